The van der Waals surface area contributed by atoms with Crippen LogP contribution in [0.5, 0.6) is 5.75 Å². The van der Waals surface area contributed by atoms with Gasteiger partial charge in [-0.2, -0.15) is 0 Å². The van der Waals surface area contributed by atoms with Crippen LogP contribution in [-0.2, 0) is 4.79 Å². The molecule has 1 aromatic carbocycles. The number of Topliss-reactive ketones (excluding diaryl/α,β-unsaturated/α-hetero) is 1. The van der Waals surface area contributed by atoms with Crippen LogP contribution in [0.15, 0.2) is 18.2 Å². The fourth-order valence-electron chi connectivity index (χ4n) is 2.11. The van der Waals surface area contributed by atoms with Gasteiger partial charge in [-0.25, -0.2) is 0 Å². The largest absolute Gasteiger partial charge is 0.491 e. The van der Waals surface area contributed by atoms with Crippen molar-refractivity contribution in [1.29, 1.82) is 0 Å². The quantitative estimate of drug-likeness (QED) is 0.806. The predicted octanol–water partition coefficient (Wildman–Crippen LogP) is 2.41. The monoisotopic (exact) mass is 247 g/mol. The molecule has 0 spiro atoms. The lowest BCUT2D eigenvalue weighted by Crippen LogP contribution is -2.35. The number of ketones is 1. The van der Waals surface area contributed by atoms with Gasteiger partial charge < -0.3 is 9.64 Å². The molecule has 0 atom stereocenters. The topological polar surface area (TPSA) is 46.6 Å². The van der Waals surface area contributed by atoms with Gasteiger partial charge in [0.2, 0.25) is 5.91 Å². The molecule has 0 N–H and O–H groups in total. The van der Waals surface area contributed by atoms with E-state index in [0.717, 1.165) is 0 Å². The minimum Gasteiger partial charge on any atom is -0.491 e. The standard InChI is InChI=1S/C14H17NO3/c1-9(2)18-11-4-5-13-12(8-11)14(17)6-7-15(13)10(3)16/h4-5,8-9H,6-7H2,1-3H3. The molecule has 18 heavy (non-hydrogen) atoms. The smallest absolute Gasteiger partial charge is 0.223 e. The Morgan fingerprint density at radius 1 is 1.39 bits per heavy atom. The summed E-state index contributed by atoms with van der Waals surface area (Å²) in [7, 11) is 0. The maximum Gasteiger partial charge on any atom is 0.223 e. The molecule has 0 aromatic heterocycles. The average molecular weight is 247 g/mol. The van der Waals surface area contributed by atoms with Crippen LogP contribution in [0, 0.1) is 0 Å². The lowest BCUT2D eigenvalue weighted by atomic mass is 10.00. The van der Waals surface area contributed by atoms with Crippen molar-refractivity contribution >= 4 is 17.4 Å². The number of carbonyl (C=O) groups is 2. The number of anilines is 1. The summed E-state index contributed by atoms with van der Waals surface area (Å²) >= 11 is 0. The molecule has 0 unspecified atom stereocenters. The van der Waals surface area contributed by atoms with Crippen LogP contribution >= 0.6 is 0 Å². The van der Waals surface area contributed by atoms with Crippen molar-refractivity contribution in [3.63, 3.8) is 0 Å². The molecule has 0 bridgehead atoms. The van der Waals surface area contributed by atoms with Crippen molar-refractivity contribution in [3.05, 3.63) is 23.8 Å². The minimum atomic E-state index is -0.0405. The van der Waals surface area contributed by atoms with Crippen LogP contribution in [0.25, 0.3) is 0 Å². The van der Waals surface area contributed by atoms with Crippen molar-refractivity contribution in [3.8, 4) is 5.75 Å². The summed E-state index contributed by atoms with van der Waals surface area (Å²) in [6.07, 6.45) is 0.434. The summed E-state index contributed by atoms with van der Waals surface area (Å²) in [5, 5.41) is 0. The number of carbonyl (C=O) groups excluding carboxylic acids is 2. The zero-order valence-corrected chi connectivity index (χ0v) is 10.9. The van der Waals surface area contributed by atoms with Gasteiger partial charge in [-0.05, 0) is 32.0 Å². The van der Waals surface area contributed by atoms with Gasteiger partial charge in [-0.1, -0.05) is 0 Å². The fourth-order valence-corrected chi connectivity index (χ4v) is 2.11. The third kappa shape index (κ3) is 2.37. The molecule has 0 fully saturated rings. The van der Waals surface area contributed by atoms with Crippen LogP contribution in [0.3, 0.4) is 0 Å². The Kier molecular flexibility index (Phi) is 3.36. The van der Waals surface area contributed by atoms with Gasteiger partial charge in [0.15, 0.2) is 5.78 Å². The van der Waals surface area contributed by atoms with E-state index in [1.54, 1.807) is 23.1 Å². The third-order valence-electron chi connectivity index (χ3n) is 2.87. The van der Waals surface area contributed by atoms with Crippen LogP contribution in [0.2, 0.25) is 0 Å². The predicted molar refractivity (Wildman–Crippen MR) is 69.2 cm³/mol. The summed E-state index contributed by atoms with van der Waals surface area (Å²) in [4.78, 5) is 25.0. The van der Waals surface area contributed by atoms with Gasteiger partial charge in [0.25, 0.3) is 0 Å². The van der Waals surface area contributed by atoms with Crippen molar-refractivity contribution in [1.82, 2.24) is 0 Å². The zero-order chi connectivity index (χ0) is 13.3. The summed E-state index contributed by atoms with van der Waals surface area (Å²) in [5.41, 5.74) is 1.27. The summed E-state index contributed by atoms with van der Waals surface area (Å²) in [6.45, 7) is 5.84. The second kappa shape index (κ2) is 4.80. The van der Waals surface area contributed by atoms with Gasteiger partial charge in [0.05, 0.1) is 11.8 Å². The molecule has 0 saturated heterocycles. The van der Waals surface area contributed by atoms with E-state index < -0.39 is 0 Å². The molecule has 1 aromatic rings. The average Bonchev–Trinajstić information content (AvgIpc) is 2.29. The van der Waals surface area contributed by atoms with Crippen molar-refractivity contribution in [2.75, 3.05) is 11.4 Å². The highest BCUT2D eigenvalue weighted by Gasteiger charge is 2.25. The Hall–Kier alpha value is -1.84. The van der Waals surface area contributed by atoms with Gasteiger partial charge in [0.1, 0.15) is 5.75 Å². The van der Waals surface area contributed by atoms with Crippen LogP contribution < -0.4 is 9.64 Å². The first-order chi connectivity index (χ1) is 8.49. The summed E-state index contributed by atoms with van der Waals surface area (Å²) < 4.78 is 5.57. The normalized spacial score (nSPS) is 14.7. The van der Waals surface area contributed by atoms with Crippen LogP contribution in [-0.4, -0.2) is 24.3 Å². The number of hydrogen-bond donors (Lipinski definition) is 0. The van der Waals surface area contributed by atoms with Crippen LogP contribution in [0.1, 0.15) is 37.6 Å². The number of fused-ring (bicyclic) bond motifs is 1. The Morgan fingerprint density at radius 2 is 2.11 bits per heavy atom. The van der Waals surface area contributed by atoms with Crippen molar-refractivity contribution < 1.29 is 14.3 Å². The molecular weight excluding hydrogens is 230 g/mol. The van der Waals surface area contributed by atoms with E-state index in [4.69, 9.17) is 4.74 Å². The third-order valence-corrected chi connectivity index (χ3v) is 2.87. The molecular formula is C14H17NO3. The molecule has 0 aliphatic carbocycles. The van der Waals surface area contributed by atoms with E-state index in [1.807, 2.05) is 13.8 Å². The van der Waals surface area contributed by atoms with Crippen molar-refractivity contribution in [2.45, 2.75) is 33.3 Å². The minimum absolute atomic E-state index is 0.0405. The number of amides is 1. The van der Waals surface area contributed by atoms with E-state index in [0.29, 0.717) is 30.0 Å². The molecule has 1 heterocycles. The highest BCUT2D eigenvalue weighted by molar-refractivity contribution is 6.08. The first-order valence-corrected chi connectivity index (χ1v) is 6.11. The number of nitrogens with zero attached hydrogens (tertiary/aromatic N) is 1. The Balaban J connectivity index is 2.40. The number of ether oxygens (including phenoxy) is 1. The molecule has 0 saturated carbocycles. The van der Waals surface area contributed by atoms with E-state index in [2.05, 4.69) is 0 Å². The Bertz CT molecular complexity index is 494. The maximum absolute atomic E-state index is 11.9. The molecule has 96 valence electrons. The SMILES string of the molecule is CC(=O)N1CCC(=O)c2cc(OC(C)C)ccc21. The molecule has 4 heteroatoms. The Labute approximate surface area is 107 Å². The van der Waals surface area contributed by atoms with Gasteiger partial charge >= 0.3 is 0 Å². The first-order valence-electron chi connectivity index (χ1n) is 6.11. The van der Waals surface area contributed by atoms with E-state index in [9.17, 15) is 9.59 Å². The molecule has 1 aliphatic rings. The molecule has 1 amide bonds. The maximum atomic E-state index is 11.9. The lowest BCUT2D eigenvalue weighted by molar-refractivity contribution is -0.116. The molecule has 1 aliphatic heterocycles. The van der Waals surface area contributed by atoms with Crippen LogP contribution in [0.4, 0.5) is 5.69 Å². The summed E-state index contributed by atoms with van der Waals surface area (Å²) in [5.74, 6) is 0.695. The second-order valence-electron chi connectivity index (χ2n) is 4.69. The highest BCUT2D eigenvalue weighted by atomic mass is 16.5. The Morgan fingerprint density at radius 3 is 2.72 bits per heavy atom. The second-order valence-corrected chi connectivity index (χ2v) is 4.69. The summed E-state index contributed by atoms with van der Waals surface area (Å²) in [6, 6.07) is 5.31. The molecule has 0 radical (unpaired) electrons. The lowest BCUT2D eigenvalue weighted by Gasteiger charge is -2.28. The molecule has 4 nitrogen and oxygen atoms in total. The van der Waals surface area contributed by atoms with Gasteiger partial charge in [-0.3, -0.25) is 9.59 Å². The van der Waals surface area contributed by atoms with E-state index in [-0.39, 0.29) is 17.8 Å². The molecule has 2 rings (SSSR count). The van der Waals surface area contributed by atoms with E-state index in [1.165, 1.54) is 6.92 Å². The first kappa shape index (κ1) is 12.6. The van der Waals surface area contributed by atoms with Crippen molar-refractivity contribution in [2.24, 2.45) is 0 Å². The fraction of sp³-hybridized carbons (Fsp3) is 0.429. The van der Waals surface area contributed by atoms with Gasteiger partial charge in [0, 0.05) is 25.5 Å². The van der Waals surface area contributed by atoms with E-state index >= 15 is 0 Å². The van der Waals surface area contributed by atoms with Gasteiger partial charge in [-0.15, -0.1) is 0 Å². The number of hydrogen-bond acceptors (Lipinski definition) is 3. The number of benzene rings is 1. The zero-order valence-electron chi connectivity index (χ0n) is 10.9. The number of rotatable bonds is 2. The highest BCUT2D eigenvalue weighted by Crippen LogP contribution is 2.30.